The highest BCUT2D eigenvalue weighted by atomic mass is 16.6. The summed E-state index contributed by atoms with van der Waals surface area (Å²) in [4.78, 5) is 11.6. The first kappa shape index (κ1) is 15.5. The van der Waals surface area contributed by atoms with Crippen molar-refractivity contribution in [3.8, 4) is 0 Å². The zero-order chi connectivity index (χ0) is 14.3. The maximum atomic E-state index is 11.6. The summed E-state index contributed by atoms with van der Waals surface area (Å²) in [5, 5.41) is 2.86. The maximum Gasteiger partial charge on any atom is 0.407 e. The quantitative estimate of drug-likeness (QED) is 0.874. The minimum absolute atomic E-state index is 0.138. The number of alkyl carbamates (subject to hydrolysis) is 1. The van der Waals surface area contributed by atoms with Crippen LogP contribution in [-0.2, 0) is 11.2 Å². The molecule has 0 unspecified atom stereocenters. The van der Waals surface area contributed by atoms with Gasteiger partial charge in [0.05, 0.1) is 0 Å². The smallest absolute Gasteiger partial charge is 0.407 e. The molecule has 0 aromatic heterocycles. The molecule has 0 radical (unpaired) electrons. The molecule has 0 spiro atoms. The number of ether oxygens (including phenoxy) is 1. The van der Waals surface area contributed by atoms with E-state index < -0.39 is 5.60 Å². The highest BCUT2D eigenvalue weighted by molar-refractivity contribution is 5.67. The fourth-order valence-corrected chi connectivity index (χ4v) is 1.84. The average molecular weight is 263 g/mol. The average Bonchev–Trinajstić information content (AvgIpc) is 2.27. The van der Waals surface area contributed by atoms with Gasteiger partial charge in [-0.15, -0.1) is 0 Å². The zero-order valence-electron chi connectivity index (χ0n) is 12.4. The Bertz CT molecular complexity index is 381. The van der Waals surface area contributed by atoms with Gasteiger partial charge in [-0.05, 0) is 52.5 Å². The van der Waals surface area contributed by atoms with E-state index in [0.717, 1.165) is 19.3 Å². The molecule has 0 saturated carbocycles. The number of amides is 1. The van der Waals surface area contributed by atoms with Gasteiger partial charge in [-0.2, -0.15) is 0 Å². The Kier molecular flexibility index (Phi) is 5.87. The fraction of sp³-hybridized carbons (Fsp3) is 0.562. The first-order valence-electron chi connectivity index (χ1n) is 6.90. The first-order valence-corrected chi connectivity index (χ1v) is 6.90. The Labute approximate surface area is 116 Å². The second-order valence-electron chi connectivity index (χ2n) is 5.93. The Morgan fingerprint density at radius 2 is 1.89 bits per heavy atom. The molecule has 1 atom stereocenters. The van der Waals surface area contributed by atoms with Gasteiger partial charge < -0.3 is 10.1 Å². The minimum Gasteiger partial charge on any atom is -0.444 e. The van der Waals surface area contributed by atoms with Crippen molar-refractivity contribution in [3.05, 3.63) is 35.9 Å². The second kappa shape index (κ2) is 7.17. The highest BCUT2D eigenvalue weighted by Crippen LogP contribution is 2.09. The van der Waals surface area contributed by atoms with E-state index in [1.54, 1.807) is 0 Å². The third-order valence-corrected chi connectivity index (χ3v) is 2.71. The summed E-state index contributed by atoms with van der Waals surface area (Å²) in [6.07, 6.45) is 2.72. The number of hydrogen-bond acceptors (Lipinski definition) is 2. The number of nitrogens with one attached hydrogen (secondary N) is 1. The molecule has 106 valence electrons. The van der Waals surface area contributed by atoms with Crippen LogP contribution in [0, 0.1) is 0 Å². The molecule has 0 aliphatic carbocycles. The van der Waals surface area contributed by atoms with Crippen molar-refractivity contribution in [1.29, 1.82) is 0 Å². The van der Waals surface area contributed by atoms with E-state index in [9.17, 15) is 4.79 Å². The van der Waals surface area contributed by atoms with E-state index in [2.05, 4.69) is 29.6 Å². The molecule has 1 amide bonds. The van der Waals surface area contributed by atoms with Crippen LogP contribution in [0.3, 0.4) is 0 Å². The molecule has 0 aliphatic heterocycles. The number of rotatable bonds is 5. The first-order chi connectivity index (χ1) is 8.87. The standard InChI is InChI=1S/C16H25NO2/c1-13(17-15(18)19-16(2,3)4)9-8-12-14-10-6-5-7-11-14/h5-7,10-11,13H,8-9,12H2,1-4H3,(H,17,18)/t13-/m0/s1. The maximum absolute atomic E-state index is 11.6. The third-order valence-electron chi connectivity index (χ3n) is 2.71. The predicted molar refractivity (Wildman–Crippen MR) is 78.2 cm³/mol. The van der Waals surface area contributed by atoms with E-state index in [1.165, 1.54) is 5.56 Å². The van der Waals surface area contributed by atoms with Crippen LogP contribution < -0.4 is 5.32 Å². The summed E-state index contributed by atoms with van der Waals surface area (Å²) >= 11 is 0. The monoisotopic (exact) mass is 263 g/mol. The normalized spacial score (nSPS) is 12.8. The second-order valence-corrected chi connectivity index (χ2v) is 5.93. The lowest BCUT2D eigenvalue weighted by atomic mass is 10.1. The van der Waals surface area contributed by atoms with Crippen molar-refractivity contribution < 1.29 is 9.53 Å². The summed E-state index contributed by atoms with van der Waals surface area (Å²) in [6.45, 7) is 7.61. The number of carbonyl (C=O) groups is 1. The molecule has 19 heavy (non-hydrogen) atoms. The topological polar surface area (TPSA) is 38.3 Å². The van der Waals surface area contributed by atoms with Crippen molar-refractivity contribution in [2.24, 2.45) is 0 Å². The van der Waals surface area contributed by atoms with Gasteiger partial charge in [-0.1, -0.05) is 30.3 Å². The molecule has 3 heteroatoms. The van der Waals surface area contributed by atoms with Gasteiger partial charge in [0.2, 0.25) is 0 Å². The van der Waals surface area contributed by atoms with Gasteiger partial charge in [0, 0.05) is 6.04 Å². The van der Waals surface area contributed by atoms with Gasteiger partial charge in [0.1, 0.15) is 5.60 Å². The van der Waals surface area contributed by atoms with Crippen molar-refractivity contribution in [1.82, 2.24) is 5.32 Å². The highest BCUT2D eigenvalue weighted by Gasteiger charge is 2.17. The molecule has 0 bridgehead atoms. The number of aryl methyl sites for hydroxylation is 1. The van der Waals surface area contributed by atoms with E-state index >= 15 is 0 Å². The van der Waals surface area contributed by atoms with E-state index in [1.807, 2.05) is 33.8 Å². The number of carbonyl (C=O) groups excluding carboxylic acids is 1. The van der Waals surface area contributed by atoms with Crippen molar-refractivity contribution >= 4 is 6.09 Å². The van der Waals surface area contributed by atoms with Crippen LogP contribution in [0.2, 0.25) is 0 Å². The molecule has 0 heterocycles. The van der Waals surface area contributed by atoms with Gasteiger partial charge in [0.15, 0.2) is 0 Å². The molecule has 0 fully saturated rings. The summed E-state index contributed by atoms with van der Waals surface area (Å²) in [5.74, 6) is 0. The molecule has 1 rings (SSSR count). The van der Waals surface area contributed by atoms with E-state index in [4.69, 9.17) is 4.74 Å². The molecular formula is C16H25NO2. The lowest BCUT2D eigenvalue weighted by Crippen LogP contribution is -2.37. The molecule has 0 saturated heterocycles. The lowest BCUT2D eigenvalue weighted by molar-refractivity contribution is 0.0506. The number of hydrogen-bond donors (Lipinski definition) is 1. The van der Waals surface area contributed by atoms with Crippen LogP contribution in [0.25, 0.3) is 0 Å². The SMILES string of the molecule is C[C@@H](CCCc1ccccc1)NC(=O)OC(C)(C)C. The Hall–Kier alpha value is -1.51. The Morgan fingerprint density at radius 3 is 2.47 bits per heavy atom. The van der Waals surface area contributed by atoms with Crippen LogP contribution in [0.1, 0.15) is 46.1 Å². The largest absolute Gasteiger partial charge is 0.444 e. The van der Waals surface area contributed by atoms with Crippen molar-refractivity contribution in [2.45, 2.75) is 58.6 Å². The fourth-order valence-electron chi connectivity index (χ4n) is 1.84. The van der Waals surface area contributed by atoms with Gasteiger partial charge in [0.25, 0.3) is 0 Å². The van der Waals surface area contributed by atoms with Gasteiger partial charge in [-0.3, -0.25) is 0 Å². The molecular weight excluding hydrogens is 238 g/mol. The van der Waals surface area contributed by atoms with Crippen LogP contribution in [0.5, 0.6) is 0 Å². The van der Waals surface area contributed by atoms with Gasteiger partial charge in [-0.25, -0.2) is 4.79 Å². The van der Waals surface area contributed by atoms with Gasteiger partial charge >= 0.3 is 6.09 Å². The van der Waals surface area contributed by atoms with Crippen molar-refractivity contribution in [2.75, 3.05) is 0 Å². The van der Waals surface area contributed by atoms with E-state index in [-0.39, 0.29) is 12.1 Å². The number of benzene rings is 1. The summed E-state index contributed by atoms with van der Waals surface area (Å²) < 4.78 is 5.22. The summed E-state index contributed by atoms with van der Waals surface area (Å²) in [7, 11) is 0. The minimum atomic E-state index is -0.437. The van der Waals surface area contributed by atoms with Crippen LogP contribution in [-0.4, -0.2) is 17.7 Å². The van der Waals surface area contributed by atoms with Crippen LogP contribution in [0.4, 0.5) is 4.79 Å². The zero-order valence-corrected chi connectivity index (χ0v) is 12.4. The molecule has 1 aromatic rings. The summed E-state index contributed by atoms with van der Waals surface area (Å²) in [5.41, 5.74) is 0.903. The molecule has 1 aromatic carbocycles. The predicted octanol–water partition coefficient (Wildman–Crippen LogP) is 3.92. The van der Waals surface area contributed by atoms with Crippen LogP contribution >= 0.6 is 0 Å². The Morgan fingerprint density at radius 1 is 1.26 bits per heavy atom. The Balaban J connectivity index is 2.21. The summed E-state index contributed by atoms with van der Waals surface area (Å²) in [6, 6.07) is 10.5. The molecule has 3 nitrogen and oxygen atoms in total. The molecule has 0 aliphatic rings. The van der Waals surface area contributed by atoms with Crippen molar-refractivity contribution in [3.63, 3.8) is 0 Å². The van der Waals surface area contributed by atoms with E-state index in [0.29, 0.717) is 0 Å². The third kappa shape index (κ3) is 7.50. The van der Waals surface area contributed by atoms with Crippen LogP contribution in [0.15, 0.2) is 30.3 Å². The molecule has 1 N–H and O–H groups in total. The lowest BCUT2D eigenvalue weighted by Gasteiger charge is -2.21.